The van der Waals surface area contributed by atoms with E-state index < -0.39 is 5.97 Å². The van der Waals surface area contributed by atoms with Crippen LogP contribution >= 0.6 is 34.4 Å². The number of nitrogens with one attached hydrogen (secondary N) is 1. The van der Waals surface area contributed by atoms with Crippen LogP contribution in [0.2, 0.25) is 0 Å². The first-order valence-electron chi connectivity index (χ1n) is 10.6. The smallest absolute Gasteiger partial charge is 0.341 e. The van der Waals surface area contributed by atoms with E-state index in [1.54, 1.807) is 11.3 Å². The minimum atomic E-state index is -0.479. The highest BCUT2D eigenvalue weighted by Crippen LogP contribution is 2.40. The van der Waals surface area contributed by atoms with Gasteiger partial charge in [0.05, 0.1) is 12.9 Å². The number of carbonyl (C=O) groups is 2. The molecule has 0 fully saturated rings. The minimum Gasteiger partial charge on any atom is -0.465 e. The van der Waals surface area contributed by atoms with E-state index in [0.29, 0.717) is 22.3 Å². The summed E-state index contributed by atoms with van der Waals surface area (Å²) in [5.41, 5.74) is 3.08. The molecule has 0 aliphatic heterocycles. The third-order valence-corrected chi connectivity index (χ3v) is 7.99. The van der Waals surface area contributed by atoms with Crippen molar-refractivity contribution in [1.82, 2.24) is 14.8 Å². The average molecular weight is 513 g/mol. The van der Waals surface area contributed by atoms with Gasteiger partial charge in [-0.05, 0) is 32.4 Å². The van der Waals surface area contributed by atoms with Crippen LogP contribution in [0.1, 0.15) is 27.0 Å². The predicted molar refractivity (Wildman–Crippen MR) is 139 cm³/mol. The van der Waals surface area contributed by atoms with Gasteiger partial charge >= 0.3 is 5.97 Å². The molecule has 7 nitrogen and oxygen atoms in total. The molecule has 0 radical (unpaired) electrons. The Hall–Kier alpha value is -2.95. The molecule has 1 aromatic carbocycles. The van der Waals surface area contributed by atoms with Crippen LogP contribution in [0.3, 0.4) is 0 Å². The zero-order chi connectivity index (χ0) is 24.2. The number of hydrogen-bond acceptors (Lipinski definition) is 8. The molecule has 4 rings (SSSR count). The van der Waals surface area contributed by atoms with Gasteiger partial charge < -0.3 is 14.6 Å². The van der Waals surface area contributed by atoms with Crippen LogP contribution in [0, 0.1) is 13.8 Å². The number of amides is 1. The fourth-order valence-electron chi connectivity index (χ4n) is 3.63. The molecule has 0 saturated heterocycles. The van der Waals surface area contributed by atoms with Crippen LogP contribution in [0.4, 0.5) is 5.00 Å². The van der Waals surface area contributed by atoms with E-state index in [4.69, 9.17) is 4.74 Å². The summed E-state index contributed by atoms with van der Waals surface area (Å²) in [6.07, 6.45) is 0. The summed E-state index contributed by atoms with van der Waals surface area (Å²) in [6.45, 7) is 6.71. The summed E-state index contributed by atoms with van der Waals surface area (Å²) in [7, 11) is 1.34. The molecule has 10 heteroatoms. The number of ether oxygens (including phenoxy) is 1. The standard InChI is InChI=1S/C24H24N4O3S3/c1-5-28-21(17-11-14(2)32-12-17)26-27-24(28)33-13-18(29)25-22-20(23(30)31-4)19(15(3)34-22)16-9-7-6-8-10-16/h6-12H,5,13H2,1-4H3,(H,25,29). The number of hydrogen-bond donors (Lipinski definition) is 1. The van der Waals surface area contributed by atoms with Gasteiger partial charge in [0.2, 0.25) is 5.91 Å². The highest BCUT2D eigenvalue weighted by atomic mass is 32.2. The second kappa shape index (κ2) is 10.5. The first-order valence-corrected chi connectivity index (χ1v) is 13.3. The van der Waals surface area contributed by atoms with Gasteiger partial charge in [0.15, 0.2) is 11.0 Å². The molecule has 176 valence electrons. The van der Waals surface area contributed by atoms with Crippen molar-refractivity contribution in [3.05, 3.63) is 57.1 Å². The van der Waals surface area contributed by atoms with Gasteiger partial charge in [-0.3, -0.25) is 4.79 Å². The lowest BCUT2D eigenvalue weighted by Crippen LogP contribution is -2.16. The first-order chi connectivity index (χ1) is 16.4. The maximum absolute atomic E-state index is 12.9. The Morgan fingerprint density at radius 2 is 1.91 bits per heavy atom. The van der Waals surface area contributed by atoms with Crippen molar-refractivity contribution in [2.75, 3.05) is 18.2 Å². The normalized spacial score (nSPS) is 10.9. The second-order valence-electron chi connectivity index (χ2n) is 7.43. The van der Waals surface area contributed by atoms with Gasteiger partial charge in [-0.25, -0.2) is 4.79 Å². The van der Waals surface area contributed by atoms with Crippen LogP contribution in [-0.2, 0) is 16.1 Å². The largest absolute Gasteiger partial charge is 0.465 e. The Morgan fingerprint density at radius 3 is 2.56 bits per heavy atom. The summed E-state index contributed by atoms with van der Waals surface area (Å²) in [6, 6.07) is 11.7. The number of benzene rings is 1. The van der Waals surface area contributed by atoms with E-state index in [2.05, 4.69) is 33.9 Å². The molecule has 3 heterocycles. The van der Waals surface area contributed by atoms with Gasteiger partial charge in [-0.2, -0.15) is 0 Å². The molecule has 0 spiro atoms. The van der Waals surface area contributed by atoms with Crippen LogP contribution in [0.25, 0.3) is 22.5 Å². The van der Waals surface area contributed by atoms with Crippen molar-refractivity contribution >= 4 is 51.3 Å². The second-order valence-corrected chi connectivity index (χ2v) is 10.7. The summed E-state index contributed by atoms with van der Waals surface area (Å²) in [4.78, 5) is 27.6. The number of aryl methyl sites for hydroxylation is 2. The highest BCUT2D eigenvalue weighted by molar-refractivity contribution is 7.99. The number of aromatic nitrogens is 3. The van der Waals surface area contributed by atoms with E-state index >= 15 is 0 Å². The lowest BCUT2D eigenvalue weighted by atomic mass is 10.0. The van der Waals surface area contributed by atoms with Crippen molar-refractivity contribution in [1.29, 1.82) is 0 Å². The molecule has 0 unspecified atom stereocenters. The monoisotopic (exact) mass is 512 g/mol. The molecule has 34 heavy (non-hydrogen) atoms. The molecular weight excluding hydrogens is 488 g/mol. The first kappa shape index (κ1) is 24.2. The maximum atomic E-state index is 12.9. The minimum absolute atomic E-state index is 0.138. The Kier molecular flexibility index (Phi) is 7.50. The zero-order valence-electron chi connectivity index (χ0n) is 19.2. The molecule has 0 bridgehead atoms. The van der Waals surface area contributed by atoms with Crippen LogP contribution in [-0.4, -0.2) is 39.5 Å². The van der Waals surface area contributed by atoms with E-state index in [-0.39, 0.29) is 11.7 Å². The van der Waals surface area contributed by atoms with Gasteiger partial charge in [-0.15, -0.1) is 32.9 Å². The molecule has 3 aromatic heterocycles. The summed E-state index contributed by atoms with van der Waals surface area (Å²) in [5, 5.41) is 14.8. The number of thioether (sulfide) groups is 1. The third kappa shape index (κ3) is 4.94. The third-order valence-electron chi connectivity index (χ3n) is 5.14. The van der Waals surface area contributed by atoms with Crippen molar-refractivity contribution in [2.24, 2.45) is 0 Å². The molecule has 0 aliphatic carbocycles. The topological polar surface area (TPSA) is 86.1 Å². The zero-order valence-corrected chi connectivity index (χ0v) is 21.7. The van der Waals surface area contributed by atoms with E-state index in [0.717, 1.165) is 27.4 Å². The molecule has 0 saturated carbocycles. The van der Waals surface area contributed by atoms with Gasteiger partial charge in [0.1, 0.15) is 10.6 Å². The molecular formula is C24H24N4O3S3. The quantitative estimate of drug-likeness (QED) is 0.234. The Bertz CT molecular complexity index is 1320. The fourth-order valence-corrected chi connectivity index (χ4v) is 6.19. The lowest BCUT2D eigenvalue weighted by Gasteiger charge is -2.09. The SMILES string of the molecule is CCn1c(SCC(=O)Nc2sc(C)c(-c3ccccc3)c2C(=O)OC)nnc1-c1csc(C)c1. The van der Waals surface area contributed by atoms with Crippen LogP contribution < -0.4 is 5.32 Å². The number of rotatable bonds is 8. The number of methoxy groups -OCH3 is 1. The Labute approximate surface area is 210 Å². The average Bonchev–Trinajstić information content (AvgIpc) is 3.53. The van der Waals surface area contributed by atoms with E-state index in [1.165, 1.54) is 35.1 Å². The fraction of sp³-hybridized carbons (Fsp3) is 0.250. The Balaban J connectivity index is 1.53. The molecule has 1 N–H and O–H groups in total. The van der Waals surface area contributed by atoms with Crippen molar-refractivity contribution in [2.45, 2.75) is 32.5 Å². The van der Waals surface area contributed by atoms with Crippen molar-refractivity contribution in [3.63, 3.8) is 0 Å². The van der Waals surface area contributed by atoms with Crippen molar-refractivity contribution < 1.29 is 14.3 Å². The summed E-state index contributed by atoms with van der Waals surface area (Å²) >= 11 is 4.35. The number of anilines is 1. The molecule has 0 aliphatic rings. The van der Waals surface area contributed by atoms with Crippen LogP contribution in [0.15, 0.2) is 46.9 Å². The number of esters is 1. The molecule has 0 atom stereocenters. The van der Waals surface area contributed by atoms with Crippen LogP contribution in [0.5, 0.6) is 0 Å². The molecule has 4 aromatic rings. The van der Waals surface area contributed by atoms with Gasteiger partial charge in [0, 0.05) is 32.8 Å². The molecule has 1 amide bonds. The highest BCUT2D eigenvalue weighted by Gasteiger charge is 2.25. The predicted octanol–water partition coefficient (Wildman–Crippen LogP) is 5.89. The van der Waals surface area contributed by atoms with Gasteiger partial charge in [-0.1, -0.05) is 42.1 Å². The van der Waals surface area contributed by atoms with Gasteiger partial charge in [0.25, 0.3) is 0 Å². The maximum Gasteiger partial charge on any atom is 0.341 e. The van der Waals surface area contributed by atoms with E-state index in [9.17, 15) is 9.59 Å². The summed E-state index contributed by atoms with van der Waals surface area (Å²) < 4.78 is 7.03. The van der Waals surface area contributed by atoms with Crippen molar-refractivity contribution in [3.8, 4) is 22.5 Å². The lowest BCUT2D eigenvalue weighted by molar-refractivity contribution is -0.113. The van der Waals surface area contributed by atoms with E-state index in [1.807, 2.05) is 48.7 Å². The number of carbonyl (C=O) groups excluding carboxylic acids is 2. The number of thiophene rings is 2. The summed E-state index contributed by atoms with van der Waals surface area (Å²) in [5.74, 6) is 0.227. The number of nitrogens with zero attached hydrogens (tertiary/aromatic N) is 3. The Morgan fingerprint density at radius 1 is 1.15 bits per heavy atom.